The van der Waals surface area contributed by atoms with Crippen LogP contribution in [-0.2, 0) is 22.8 Å². The predicted molar refractivity (Wildman–Crippen MR) is 123 cm³/mol. The number of amides is 1. The van der Waals surface area contributed by atoms with Gasteiger partial charge in [-0.05, 0) is 73.5 Å². The van der Waals surface area contributed by atoms with Crippen molar-refractivity contribution in [2.24, 2.45) is 11.3 Å². The Balaban J connectivity index is 1.45. The second-order valence-corrected chi connectivity index (χ2v) is 9.81. The Morgan fingerprint density at radius 1 is 1.24 bits per heavy atom. The third-order valence-corrected chi connectivity index (χ3v) is 7.69. The van der Waals surface area contributed by atoms with Crippen molar-refractivity contribution in [3.05, 3.63) is 29.3 Å². The van der Waals surface area contributed by atoms with Crippen LogP contribution in [0.3, 0.4) is 0 Å². The van der Waals surface area contributed by atoms with Gasteiger partial charge in [-0.15, -0.1) is 10.2 Å². The maximum atomic E-state index is 13.5. The zero-order chi connectivity index (χ0) is 23.4. The lowest BCUT2D eigenvalue weighted by Crippen LogP contribution is -2.46. The van der Waals surface area contributed by atoms with Crippen LogP contribution in [0, 0.1) is 11.3 Å². The third kappa shape index (κ3) is 5.09. The molecule has 1 aromatic heterocycles. The molecule has 8 nitrogen and oxygen atoms in total. The van der Waals surface area contributed by atoms with E-state index in [2.05, 4.69) is 51.7 Å². The van der Waals surface area contributed by atoms with E-state index in [0.29, 0.717) is 35.6 Å². The molecule has 0 spiro atoms. The van der Waals surface area contributed by atoms with Crippen LogP contribution in [0.1, 0.15) is 57.1 Å². The number of rotatable bonds is 8. The predicted octanol–water partition coefficient (Wildman–Crippen LogP) is 3.26. The first-order chi connectivity index (χ1) is 15.9. The smallest absolute Gasteiger partial charge is 0.226 e. The van der Waals surface area contributed by atoms with Crippen LogP contribution in [0.15, 0.2) is 18.2 Å². The monoisotopic (exact) mass is 458 g/mol. The average Bonchev–Trinajstić information content (AvgIpc) is 3.54. The number of hydrogen-bond donors (Lipinski definition) is 2. The number of tetrazole rings is 1. The van der Waals surface area contributed by atoms with Crippen LogP contribution >= 0.6 is 0 Å². The normalized spacial score (nSPS) is 24.0. The van der Waals surface area contributed by atoms with Gasteiger partial charge in [0, 0.05) is 37.4 Å². The molecule has 1 aliphatic carbocycles. The molecule has 2 fully saturated rings. The van der Waals surface area contributed by atoms with Crippen molar-refractivity contribution >= 4 is 5.91 Å². The molecule has 0 radical (unpaired) electrons. The van der Waals surface area contributed by atoms with E-state index in [1.807, 2.05) is 6.07 Å². The number of nitrogens with one attached hydrogen (secondary N) is 2. The first-order valence-electron chi connectivity index (χ1n) is 11.9. The number of carbonyl (C=O) groups excluding carboxylic acids is 1. The summed E-state index contributed by atoms with van der Waals surface area (Å²) in [7, 11) is 2.21. The molecule has 2 heterocycles. The van der Waals surface area contributed by atoms with Crippen molar-refractivity contribution in [2.75, 3.05) is 20.3 Å². The summed E-state index contributed by atoms with van der Waals surface area (Å²) in [6.07, 6.45) is 4.89. The molecule has 2 aliphatic rings. The van der Waals surface area contributed by atoms with Crippen LogP contribution in [-0.4, -0.2) is 63.8 Å². The minimum absolute atomic E-state index is 0.0899. The van der Waals surface area contributed by atoms with E-state index >= 15 is 0 Å². The van der Waals surface area contributed by atoms with E-state index in [0.717, 1.165) is 50.9 Å². The molecule has 1 amide bonds. The van der Waals surface area contributed by atoms with Crippen molar-refractivity contribution in [2.45, 2.75) is 71.3 Å². The van der Waals surface area contributed by atoms with Gasteiger partial charge in [-0.3, -0.25) is 4.79 Å². The summed E-state index contributed by atoms with van der Waals surface area (Å²) in [6, 6.07) is 6.30. The second kappa shape index (κ2) is 10.3. The molecule has 1 saturated heterocycles. The summed E-state index contributed by atoms with van der Waals surface area (Å²) in [5.41, 5.74) is 1.64. The molecule has 180 valence electrons. The molecule has 4 rings (SSSR count). The van der Waals surface area contributed by atoms with Crippen LogP contribution < -0.4 is 5.32 Å². The van der Waals surface area contributed by atoms with Gasteiger partial charge >= 0.3 is 0 Å². The molecule has 9 heteroatoms. The van der Waals surface area contributed by atoms with Crippen LogP contribution in [0.5, 0.6) is 0 Å². The highest BCUT2D eigenvalue weighted by atomic mass is 19.1. The van der Waals surface area contributed by atoms with Crippen LogP contribution in [0.2, 0.25) is 0 Å². The first kappa shape index (κ1) is 23.8. The first-order valence-corrected chi connectivity index (χ1v) is 11.9. The van der Waals surface area contributed by atoms with Gasteiger partial charge in [0.2, 0.25) is 11.7 Å². The van der Waals surface area contributed by atoms with Crippen LogP contribution in [0.4, 0.5) is 4.39 Å². The van der Waals surface area contributed by atoms with Crippen molar-refractivity contribution in [3.8, 4) is 11.4 Å². The molecule has 1 aromatic carbocycles. The van der Waals surface area contributed by atoms with Crippen molar-refractivity contribution in [1.82, 2.24) is 30.8 Å². The van der Waals surface area contributed by atoms with Crippen molar-refractivity contribution < 1.29 is 13.9 Å². The van der Waals surface area contributed by atoms with E-state index in [9.17, 15) is 9.18 Å². The molecule has 0 bridgehead atoms. The average molecular weight is 459 g/mol. The number of benzene rings is 1. The fourth-order valence-electron chi connectivity index (χ4n) is 5.49. The minimum atomic E-state index is -0.594. The lowest BCUT2D eigenvalue weighted by atomic mass is 9.74. The lowest BCUT2D eigenvalue weighted by Gasteiger charge is -2.37. The highest BCUT2D eigenvalue weighted by molar-refractivity contribution is 5.83. The summed E-state index contributed by atoms with van der Waals surface area (Å²) in [4.78, 5) is 16.0. The van der Waals surface area contributed by atoms with E-state index in [1.165, 1.54) is 0 Å². The van der Waals surface area contributed by atoms with Crippen molar-refractivity contribution in [1.29, 1.82) is 0 Å². The maximum Gasteiger partial charge on any atom is 0.226 e. The van der Waals surface area contributed by atoms with Gasteiger partial charge in [0.25, 0.3) is 0 Å². The fourth-order valence-corrected chi connectivity index (χ4v) is 5.49. The summed E-state index contributed by atoms with van der Waals surface area (Å²) >= 11 is 0. The fraction of sp³-hybridized carbons (Fsp3) is 0.667. The van der Waals surface area contributed by atoms with Crippen molar-refractivity contribution in [3.63, 3.8) is 0 Å². The SMILES string of the molecule is CC(C)[C@]1(C(=O)NCc2cc(CF)cc(-c3nn[nH]n3)c2)CC[C@@H](N(C)C2CCOCC2)C1. The lowest BCUT2D eigenvalue weighted by molar-refractivity contribution is -0.133. The van der Waals surface area contributed by atoms with Gasteiger partial charge < -0.3 is 15.0 Å². The van der Waals surface area contributed by atoms with E-state index in [4.69, 9.17) is 4.74 Å². The standard InChI is InChI=1S/C24H35FN6O2/c1-16(2)24(7-4-21(13-24)31(3)20-5-8-33-9-6-20)23(32)26-15-18-10-17(14-25)11-19(12-18)22-27-29-30-28-22/h10-12,16,20-21H,4-9,13-15H2,1-3H3,(H,26,32)(H,27,28,29,30)/t21-,24+/m1/s1. The van der Waals surface area contributed by atoms with Gasteiger partial charge in [0.1, 0.15) is 6.67 Å². The van der Waals surface area contributed by atoms with Gasteiger partial charge in [0.15, 0.2) is 0 Å². The number of hydrogen-bond acceptors (Lipinski definition) is 6. The number of H-pyrrole nitrogens is 1. The maximum absolute atomic E-state index is 13.5. The Morgan fingerprint density at radius 3 is 2.67 bits per heavy atom. The van der Waals surface area contributed by atoms with Crippen LogP contribution in [0.25, 0.3) is 11.4 Å². The number of halogens is 1. The number of aromatic amines is 1. The molecular formula is C24H35FN6O2. The largest absolute Gasteiger partial charge is 0.381 e. The summed E-state index contributed by atoms with van der Waals surface area (Å²) in [6.45, 7) is 5.68. The number of alkyl halides is 1. The molecule has 1 saturated carbocycles. The Morgan fingerprint density at radius 2 is 2.00 bits per heavy atom. The molecule has 0 unspecified atom stereocenters. The van der Waals surface area contributed by atoms with Gasteiger partial charge in [-0.25, -0.2) is 4.39 Å². The Labute approximate surface area is 194 Å². The molecule has 2 N–H and O–H groups in total. The zero-order valence-corrected chi connectivity index (χ0v) is 19.8. The topological polar surface area (TPSA) is 96.0 Å². The minimum Gasteiger partial charge on any atom is -0.381 e. The van der Waals surface area contributed by atoms with E-state index in [-0.39, 0.29) is 11.8 Å². The Bertz CT molecular complexity index is 931. The highest BCUT2D eigenvalue weighted by Gasteiger charge is 2.48. The summed E-state index contributed by atoms with van der Waals surface area (Å²) in [5, 5.41) is 17.1. The molecule has 2 aromatic rings. The molecular weight excluding hydrogens is 423 g/mol. The third-order valence-electron chi connectivity index (χ3n) is 7.69. The number of ether oxygens (including phenoxy) is 1. The molecule has 1 aliphatic heterocycles. The Hall–Kier alpha value is -2.39. The van der Waals surface area contributed by atoms with Gasteiger partial charge in [0.05, 0.1) is 5.41 Å². The molecule has 33 heavy (non-hydrogen) atoms. The number of nitrogens with zero attached hydrogens (tertiary/aromatic N) is 4. The Kier molecular flexibility index (Phi) is 7.38. The van der Waals surface area contributed by atoms with E-state index in [1.54, 1.807) is 12.1 Å². The number of aromatic nitrogens is 4. The number of carbonyl (C=O) groups is 1. The second-order valence-electron chi connectivity index (χ2n) is 9.81. The summed E-state index contributed by atoms with van der Waals surface area (Å²) < 4.78 is 19.0. The highest BCUT2D eigenvalue weighted by Crippen LogP contribution is 2.46. The van der Waals surface area contributed by atoms with E-state index < -0.39 is 12.1 Å². The zero-order valence-electron chi connectivity index (χ0n) is 19.8. The van der Waals surface area contributed by atoms with Gasteiger partial charge in [-0.2, -0.15) is 5.21 Å². The molecule has 2 atom stereocenters. The van der Waals surface area contributed by atoms with Gasteiger partial charge in [-0.1, -0.05) is 19.9 Å². The quantitative estimate of drug-likeness (QED) is 0.630. The summed E-state index contributed by atoms with van der Waals surface area (Å²) in [5.74, 6) is 0.733.